The van der Waals surface area contributed by atoms with E-state index < -0.39 is 7.12 Å². The number of benzene rings is 14. The van der Waals surface area contributed by atoms with E-state index in [-0.39, 0.29) is 43.5 Å². The van der Waals surface area contributed by atoms with Crippen molar-refractivity contribution in [1.82, 2.24) is 29.9 Å². The van der Waals surface area contributed by atoms with Crippen molar-refractivity contribution >= 4 is 63.6 Å². The van der Waals surface area contributed by atoms with Gasteiger partial charge in [-0.25, -0.2) is 19.9 Å². The third-order valence-corrected chi connectivity index (χ3v) is 22.5. The Morgan fingerprint density at radius 2 is 0.607 bits per heavy atom. The third kappa shape index (κ3) is 16.4. The van der Waals surface area contributed by atoms with Gasteiger partial charge in [0.2, 0.25) is 0 Å². The number of nitrogens with zero attached hydrogens (tertiary/aromatic N) is 6. The summed E-state index contributed by atoms with van der Waals surface area (Å²) < 4.78 is 0. The molecule has 8 nitrogen and oxygen atoms in total. The Hall–Kier alpha value is -11.7. The minimum atomic E-state index is -1.43. The average molecular weight is 1640 g/mol. The number of halogens is 1. The number of hydrogen-bond acceptors (Lipinski definition) is 8. The molecule has 0 aliphatic heterocycles. The molecule has 0 bridgehead atoms. The second-order valence-corrected chi connectivity index (χ2v) is 30.6. The Kier molecular flexibility index (Phi) is 23.4. The van der Waals surface area contributed by atoms with Gasteiger partial charge in [0, 0.05) is 107 Å². The first-order chi connectivity index (χ1) is 56.7. The van der Waals surface area contributed by atoms with Gasteiger partial charge in [-0.2, -0.15) is 0 Å². The van der Waals surface area contributed by atoms with Crippen molar-refractivity contribution in [3.8, 4) is 146 Å². The maximum Gasteiger partial charge on any atom is 0.488 e. The quantitative estimate of drug-likeness (QED) is 0.0917. The molecule has 13 heteroatoms. The van der Waals surface area contributed by atoms with Crippen LogP contribution in [0.5, 0.6) is 0 Å². The predicted molar refractivity (Wildman–Crippen MR) is 490 cm³/mol. The zero-order valence-electron chi connectivity index (χ0n) is 65.1. The normalized spacial score (nSPS) is 12.2. The van der Waals surface area contributed by atoms with Crippen molar-refractivity contribution in [2.24, 2.45) is 0 Å². The van der Waals surface area contributed by atoms with Crippen LogP contribution >= 0.6 is 29.5 Å². The van der Waals surface area contributed by atoms with E-state index in [1.807, 2.05) is 103 Å². The van der Waals surface area contributed by atoms with Gasteiger partial charge in [0.25, 0.3) is 0 Å². The molecule has 0 saturated heterocycles. The molecule has 2 aliphatic carbocycles. The molecule has 1 radical (unpaired) electrons. The minimum absolute atomic E-state index is 0. The van der Waals surface area contributed by atoms with Gasteiger partial charge in [-0.05, 0) is 176 Å². The molecule has 0 amide bonds. The van der Waals surface area contributed by atoms with E-state index in [9.17, 15) is 10.0 Å². The Morgan fingerprint density at radius 1 is 0.282 bits per heavy atom. The number of pyridine rings is 2. The zero-order chi connectivity index (χ0) is 79.4. The van der Waals surface area contributed by atoms with E-state index in [2.05, 4.69) is 310 Å². The standard InChI is InChI=1S/C52H37N3.C33H22ClN3.C19H17BO2.H4P2.Y/c1-52(2)47-31-42(26-27-45(47)46-28-25-36-10-6-7-16-44(36)50(46)52)41-14-8-13-40(30-41)34-17-21-37(22-18-34)48-32-49(55-51(54-48)39-11-4-3-5-12-39)38-23-19-35(20-24-38)43-15-9-29-53-33-43;34-30-10-4-8-28(20-30)23-11-15-25(16-12-23)31-21-32(37-33(36-31)27-6-2-1-3-7-27)26-17-13-24(14-18-26)29-9-5-19-35-22-29;1-19(2)17-11-13(20(21)22)8-10-15(17)16-9-7-12-5-3-4-6-14(12)18(16)19;1-2;/h3-33H,1-2H3;1-22H;3-11,21-22H,1-2H3;1-2H2;. The minimum Gasteiger partial charge on any atom is -0.423 e. The fourth-order valence-electron chi connectivity index (χ4n) is 16.4. The Morgan fingerprint density at radius 3 is 1.02 bits per heavy atom. The van der Waals surface area contributed by atoms with E-state index in [1.54, 1.807) is 18.5 Å². The first-order valence-electron chi connectivity index (χ1n) is 38.7. The molecule has 4 aromatic heterocycles. The predicted octanol–water partition coefficient (Wildman–Crippen LogP) is 25.7. The molecule has 561 valence electrons. The molecule has 117 heavy (non-hydrogen) atoms. The van der Waals surface area contributed by atoms with Gasteiger partial charge < -0.3 is 10.0 Å². The van der Waals surface area contributed by atoms with Gasteiger partial charge in [-0.3, -0.25) is 9.97 Å². The van der Waals surface area contributed by atoms with Crippen LogP contribution in [0.4, 0.5) is 0 Å². The van der Waals surface area contributed by atoms with Crippen LogP contribution in [0.2, 0.25) is 5.02 Å². The Bertz CT molecular complexity index is 6630. The van der Waals surface area contributed by atoms with Crippen LogP contribution in [-0.2, 0) is 43.5 Å². The number of aromatic nitrogens is 6. The van der Waals surface area contributed by atoms with Crippen molar-refractivity contribution in [3.63, 3.8) is 0 Å². The second kappa shape index (κ2) is 34.6. The Balaban J connectivity index is 0.000000142. The maximum absolute atomic E-state index is 9.47. The van der Waals surface area contributed by atoms with E-state index >= 15 is 0 Å². The number of hydrogen-bond donors (Lipinski definition) is 2. The molecule has 2 atom stereocenters. The summed E-state index contributed by atoms with van der Waals surface area (Å²) in [4.78, 5) is 28.5. The van der Waals surface area contributed by atoms with Gasteiger partial charge >= 0.3 is 7.12 Å². The zero-order valence-corrected chi connectivity index (χ0v) is 71.0. The maximum atomic E-state index is 9.47. The topological polar surface area (TPSA) is 118 Å². The van der Waals surface area contributed by atoms with Crippen molar-refractivity contribution < 1.29 is 42.8 Å². The fraction of sp³-hybridized carbons (Fsp3) is 0.0577. The summed E-state index contributed by atoms with van der Waals surface area (Å²) in [5.74, 6) is 1.40. The van der Waals surface area contributed by atoms with Gasteiger partial charge in [0.05, 0.1) is 22.8 Å². The van der Waals surface area contributed by atoms with Crippen LogP contribution in [-0.4, -0.2) is 47.1 Å². The smallest absolute Gasteiger partial charge is 0.423 e. The molecule has 2 unspecified atom stereocenters. The molecule has 14 aromatic carbocycles. The van der Waals surface area contributed by atoms with Crippen molar-refractivity contribution in [2.45, 2.75) is 38.5 Å². The van der Waals surface area contributed by atoms with Gasteiger partial charge in [0.1, 0.15) is 0 Å². The van der Waals surface area contributed by atoms with Gasteiger partial charge in [0.15, 0.2) is 11.6 Å². The molecule has 18 aromatic rings. The summed E-state index contributed by atoms with van der Waals surface area (Å²) in [6.45, 7) is 9.15. The largest absolute Gasteiger partial charge is 0.488 e. The van der Waals surface area contributed by atoms with E-state index in [1.165, 1.54) is 77.2 Å². The van der Waals surface area contributed by atoms with Crippen LogP contribution in [0, 0.1) is 0 Å². The van der Waals surface area contributed by atoms with Crippen molar-refractivity contribution in [1.29, 1.82) is 0 Å². The van der Waals surface area contributed by atoms with Gasteiger partial charge in [-0.1, -0.05) is 343 Å². The summed E-state index contributed by atoms with van der Waals surface area (Å²) in [6.07, 6.45) is 7.34. The molecular formula is C104H80BClN6O2P2Y. The number of rotatable bonds is 12. The van der Waals surface area contributed by atoms with Crippen LogP contribution in [0.1, 0.15) is 49.9 Å². The van der Waals surface area contributed by atoms with Gasteiger partial charge in [-0.15, -0.1) is 17.9 Å². The molecule has 0 spiro atoms. The monoisotopic (exact) mass is 1640 g/mol. The molecule has 0 saturated carbocycles. The van der Waals surface area contributed by atoms with Crippen LogP contribution in [0.15, 0.2) is 377 Å². The molecule has 20 rings (SSSR count). The average Bonchev–Trinajstić information content (AvgIpc) is 1.57. The number of fused-ring (bicyclic) bond motifs is 10. The van der Waals surface area contributed by atoms with E-state index in [4.69, 9.17) is 31.5 Å². The SMILES string of the molecule is CC1(C)c2cc(-c3cccc(-c4ccc(-c5cc(-c6ccc(-c7cccnc7)cc6)nc(-c6ccccc6)n5)cc4)c3)ccc2-c2ccc3ccccc3c21.CC1(C)c2cc(B(O)O)ccc2-c2ccc3ccccc3c21.Clc1cccc(-c2ccc(-c3cc(-c4ccc(-c5cccnc5)cc4)nc(-c4ccccc4)n3)cc2)c1.PP.[Y]. The first-order valence-corrected chi connectivity index (χ1v) is 41.8. The summed E-state index contributed by atoms with van der Waals surface area (Å²) >= 11 is 6.20. The molecule has 2 N–H and O–H groups in total. The first kappa shape index (κ1) is 79.2. The van der Waals surface area contributed by atoms with Crippen LogP contribution in [0.25, 0.3) is 167 Å². The van der Waals surface area contributed by atoms with Crippen LogP contribution < -0.4 is 5.46 Å². The van der Waals surface area contributed by atoms with Crippen molar-refractivity contribution in [2.75, 3.05) is 0 Å². The third-order valence-electron chi connectivity index (χ3n) is 22.3. The summed E-state index contributed by atoms with van der Waals surface area (Å²) in [5, 5.41) is 24.8. The molecule has 2 aliphatic rings. The molecule has 0 fully saturated rings. The molecule has 4 heterocycles. The summed E-state index contributed by atoms with van der Waals surface area (Å²) in [5.41, 5.74) is 31.7. The summed E-state index contributed by atoms with van der Waals surface area (Å²) in [7, 11) is 3.24. The molecular weight excluding hydrogens is 1560 g/mol. The van der Waals surface area contributed by atoms with Crippen LogP contribution in [0.3, 0.4) is 0 Å². The van der Waals surface area contributed by atoms with Crippen molar-refractivity contribution in [3.05, 3.63) is 404 Å². The van der Waals surface area contributed by atoms with E-state index in [0.29, 0.717) is 17.1 Å². The fourth-order valence-corrected chi connectivity index (χ4v) is 16.6. The Labute approximate surface area is 718 Å². The summed E-state index contributed by atoms with van der Waals surface area (Å²) in [6, 6.07) is 122. The second-order valence-electron chi connectivity index (χ2n) is 30.1. The van der Waals surface area contributed by atoms with E-state index in [0.717, 1.165) is 106 Å².